The molecule has 3 rings (SSSR count). The molecule has 0 unspecified atom stereocenters. The van der Waals surface area contributed by atoms with Gasteiger partial charge in [0.25, 0.3) is 0 Å². The molecule has 0 aliphatic carbocycles. The number of nitrogens with zero attached hydrogens (tertiary/aromatic N) is 2. The van der Waals surface area contributed by atoms with Crippen molar-refractivity contribution < 1.29 is 4.79 Å². The van der Waals surface area contributed by atoms with Gasteiger partial charge < -0.3 is 11.1 Å². The van der Waals surface area contributed by atoms with E-state index in [1.165, 1.54) is 11.8 Å². The van der Waals surface area contributed by atoms with Crippen LogP contribution in [0.5, 0.6) is 0 Å². The molecule has 1 aliphatic heterocycles. The maximum absolute atomic E-state index is 11.4. The van der Waals surface area contributed by atoms with Crippen LogP contribution < -0.4 is 11.1 Å². The van der Waals surface area contributed by atoms with Gasteiger partial charge in [0.2, 0.25) is 11.9 Å². The van der Waals surface area contributed by atoms with E-state index in [1.807, 2.05) is 31.2 Å². The van der Waals surface area contributed by atoms with Gasteiger partial charge in [-0.15, -0.1) is 11.8 Å². The third kappa shape index (κ3) is 2.39. The van der Waals surface area contributed by atoms with Crippen LogP contribution in [0.3, 0.4) is 0 Å². The Balaban J connectivity index is 2.06. The van der Waals surface area contributed by atoms with Crippen molar-refractivity contribution in [2.45, 2.75) is 11.8 Å². The van der Waals surface area contributed by atoms with Crippen LogP contribution in [0.2, 0.25) is 0 Å². The first kappa shape index (κ1) is 12.0. The van der Waals surface area contributed by atoms with Crippen molar-refractivity contribution in [3.63, 3.8) is 0 Å². The van der Waals surface area contributed by atoms with Crippen molar-refractivity contribution in [2.24, 2.45) is 0 Å². The molecular formula is C13H12N4OS. The van der Waals surface area contributed by atoms with Gasteiger partial charge in [0.15, 0.2) is 0 Å². The molecule has 6 heteroatoms. The van der Waals surface area contributed by atoms with E-state index in [2.05, 4.69) is 15.3 Å². The quantitative estimate of drug-likeness (QED) is 0.830. The lowest BCUT2D eigenvalue weighted by Crippen LogP contribution is -2.18. The number of nitrogens with two attached hydrogens (primary N) is 1. The maximum atomic E-state index is 11.4. The Morgan fingerprint density at radius 3 is 2.95 bits per heavy atom. The molecule has 1 amide bonds. The lowest BCUT2D eigenvalue weighted by Gasteiger charge is -2.17. The minimum absolute atomic E-state index is 0.0213. The molecule has 0 bridgehead atoms. The van der Waals surface area contributed by atoms with Crippen LogP contribution in [0.1, 0.15) is 5.69 Å². The Morgan fingerprint density at radius 1 is 1.32 bits per heavy atom. The summed E-state index contributed by atoms with van der Waals surface area (Å²) in [6.45, 7) is 1.87. The fraction of sp³-hybridized carbons (Fsp3) is 0.154. The number of carbonyl (C=O) groups is 1. The number of benzene rings is 1. The third-order valence-electron chi connectivity index (χ3n) is 2.78. The minimum Gasteiger partial charge on any atom is -0.368 e. The van der Waals surface area contributed by atoms with Gasteiger partial charge in [-0.2, -0.15) is 0 Å². The SMILES string of the molecule is Cc1cc(-c2ccc3c(c2)NC(=O)CS3)nc(N)n1. The summed E-state index contributed by atoms with van der Waals surface area (Å²) in [5.41, 5.74) is 8.98. The van der Waals surface area contributed by atoms with E-state index in [4.69, 9.17) is 5.73 Å². The summed E-state index contributed by atoms with van der Waals surface area (Å²) < 4.78 is 0. The van der Waals surface area contributed by atoms with Gasteiger partial charge in [-0.05, 0) is 25.1 Å². The second kappa shape index (κ2) is 4.55. The summed E-state index contributed by atoms with van der Waals surface area (Å²) in [6.07, 6.45) is 0. The number of hydrogen-bond donors (Lipinski definition) is 2. The lowest BCUT2D eigenvalue weighted by atomic mass is 10.1. The number of carbonyl (C=O) groups excluding carboxylic acids is 1. The maximum Gasteiger partial charge on any atom is 0.234 e. The smallest absolute Gasteiger partial charge is 0.234 e. The topological polar surface area (TPSA) is 80.9 Å². The van der Waals surface area contributed by atoms with E-state index >= 15 is 0 Å². The van der Waals surface area contributed by atoms with Crippen LogP contribution in [0.25, 0.3) is 11.3 Å². The molecule has 0 saturated heterocycles. The largest absolute Gasteiger partial charge is 0.368 e. The van der Waals surface area contributed by atoms with Crippen molar-refractivity contribution in [3.05, 3.63) is 30.0 Å². The molecule has 96 valence electrons. The van der Waals surface area contributed by atoms with Gasteiger partial charge in [-0.25, -0.2) is 9.97 Å². The first-order chi connectivity index (χ1) is 9.11. The zero-order valence-corrected chi connectivity index (χ0v) is 11.1. The van der Waals surface area contributed by atoms with Crippen molar-refractivity contribution in [1.29, 1.82) is 0 Å². The Kier molecular flexibility index (Phi) is 2.87. The van der Waals surface area contributed by atoms with Crippen LogP contribution in [-0.2, 0) is 4.79 Å². The first-order valence-corrected chi connectivity index (χ1v) is 6.78. The first-order valence-electron chi connectivity index (χ1n) is 5.80. The molecule has 0 fully saturated rings. The Bertz CT molecular complexity index is 651. The fourth-order valence-corrected chi connectivity index (χ4v) is 2.77. The normalized spacial score (nSPS) is 13.8. The molecular weight excluding hydrogens is 260 g/mol. The molecule has 0 radical (unpaired) electrons. The number of anilines is 2. The molecule has 1 aliphatic rings. The molecule has 0 saturated carbocycles. The number of nitrogens with one attached hydrogen (secondary N) is 1. The third-order valence-corrected chi connectivity index (χ3v) is 3.85. The Morgan fingerprint density at radius 2 is 2.16 bits per heavy atom. The summed E-state index contributed by atoms with van der Waals surface area (Å²) in [6, 6.07) is 7.75. The highest BCUT2D eigenvalue weighted by Crippen LogP contribution is 2.34. The molecule has 2 aromatic rings. The Labute approximate surface area is 114 Å². The summed E-state index contributed by atoms with van der Waals surface area (Å²) in [7, 11) is 0. The molecule has 0 atom stereocenters. The molecule has 3 N–H and O–H groups in total. The number of hydrogen-bond acceptors (Lipinski definition) is 5. The predicted octanol–water partition coefficient (Wildman–Crippen LogP) is 2.08. The van der Waals surface area contributed by atoms with Gasteiger partial charge in [0, 0.05) is 16.2 Å². The number of thioether (sulfide) groups is 1. The monoisotopic (exact) mass is 272 g/mol. The average molecular weight is 272 g/mol. The van der Waals surface area contributed by atoms with Gasteiger partial charge in [-0.3, -0.25) is 4.79 Å². The van der Waals surface area contributed by atoms with E-state index in [9.17, 15) is 4.79 Å². The number of aryl methyl sites for hydroxylation is 1. The standard InChI is InChI=1S/C13H12N4OS/c1-7-4-9(17-13(14)15-7)8-2-3-11-10(5-8)16-12(18)6-19-11/h2-5H,6H2,1H3,(H,16,18)(H2,14,15,17). The van der Waals surface area contributed by atoms with E-state index in [0.29, 0.717) is 5.75 Å². The summed E-state index contributed by atoms with van der Waals surface area (Å²) in [4.78, 5) is 20.7. The van der Waals surface area contributed by atoms with Crippen molar-refractivity contribution in [2.75, 3.05) is 16.8 Å². The molecule has 0 spiro atoms. The van der Waals surface area contributed by atoms with Gasteiger partial charge in [0.1, 0.15) is 0 Å². The van der Waals surface area contributed by atoms with Gasteiger partial charge in [-0.1, -0.05) is 6.07 Å². The number of fused-ring (bicyclic) bond motifs is 1. The number of rotatable bonds is 1. The summed E-state index contributed by atoms with van der Waals surface area (Å²) >= 11 is 1.54. The predicted molar refractivity (Wildman–Crippen MR) is 76.0 cm³/mol. The Hall–Kier alpha value is -2.08. The van der Waals surface area contributed by atoms with Crippen LogP contribution in [0.4, 0.5) is 11.6 Å². The average Bonchev–Trinajstić information content (AvgIpc) is 2.36. The number of nitrogen functional groups attached to an aromatic ring is 1. The molecule has 1 aromatic carbocycles. The van der Waals surface area contributed by atoms with Gasteiger partial charge >= 0.3 is 0 Å². The summed E-state index contributed by atoms with van der Waals surface area (Å²) in [5.74, 6) is 0.741. The zero-order valence-electron chi connectivity index (χ0n) is 10.3. The second-order valence-electron chi connectivity index (χ2n) is 4.30. The fourth-order valence-electron chi connectivity index (χ4n) is 1.98. The van der Waals surface area contributed by atoms with E-state index in [-0.39, 0.29) is 11.9 Å². The lowest BCUT2D eigenvalue weighted by molar-refractivity contribution is -0.113. The number of amides is 1. The zero-order chi connectivity index (χ0) is 13.4. The minimum atomic E-state index is 0.0213. The molecule has 19 heavy (non-hydrogen) atoms. The van der Waals surface area contributed by atoms with Crippen LogP contribution in [0.15, 0.2) is 29.2 Å². The van der Waals surface area contributed by atoms with Crippen molar-refractivity contribution in [1.82, 2.24) is 9.97 Å². The summed E-state index contributed by atoms with van der Waals surface area (Å²) in [5, 5.41) is 2.86. The van der Waals surface area contributed by atoms with Gasteiger partial charge in [0.05, 0.1) is 17.1 Å². The van der Waals surface area contributed by atoms with Crippen LogP contribution >= 0.6 is 11.8 Å². The van der Waals surface area contributed by atoms with E-state index in [0.717, 1.165) is 27.5 Å². The molecule has 2 heterocycles. The highest BCUT2D eigenvalue weighted by Gasteiger charge is 2.16. The van der Waals surface area contributed by atoms with E-state index < -0.39 is 0 Å². The molecule has 1 aromatic heterocycles. The second-order valence-corrected chi connectivity index (χ2v) is 5.32. The van der Waals surface area contributed by atoms with Crippen molar-refractivity contribution in [3.8, 4) is 11.3 Å². The number of aromatic nitrogens is 2. The highest BCUT2D eigenvalue weighted by molar-refractivity contribution is 8.00. The molecule has 5 nitrogen and oxygen atoms in total. The van der Waals surface area contributed by atoms with Crippen molar-refractivity contribution >= 4 is 29.3 Å². The van der Waals surface area contributed by atoms with E-state index in [1.54, 1.807) is 0 Å². The van der Waals surface area contributed by atoms with Crippen LogP contribution in [-0.4, -0.2) is 21.6 Å². The van der Waals surface area contributed by atoms with Crippen LogP contribution in [0, 0.1) is 6.92 Å². The highest BCUT2D eigenvalue weighted by atomic mass is 32.2.